The zero-order valence-corrected chi connectivity index (χ0v) is 19.3. The molecular formula is C21H21Cl2SiZr. The van der Waals surface area contributed by atoms with Gasteiger partial charge in [0.2, 0.25) is 0 Å². The van der Waals surface area contributed by atoms with Gasteiger partial charge < -0.3 is 24.8 Å². The van der Waals surface area contributed by atoms with Gasteiger partial charge in [0.25, 0.3) is 0 Å². The molecule has 0 fully saturated rings. The van der Waals surface area contributed by atoms with Crippen LogP contribution in [0.4, 0.5) is 0 Å². The monoisotopic (exact) mass is 461 g/mol. The van der Waals surface area contributed by atoms with Gasteiger partial charge in [-0.15, -0.1) is 0 Å². The van der Waals surface area contributed by atoms with Crippen LogP contribution in [0.2, 0.25) is 6.55 Å². The average molecular weight is 464 g/mol. The summed E-state index contributed by atoms with van der Waals surface area (Å²) in [5.74, 6) is -0.903. The van der Waals surface area contributed by atoms with E-state index in [0.717, 1.165) is 3.63 Å². The molecule has 0 bridgehead atoms. The van der Waals surface area contributed by atoms with Crippen LogP contribution in [0.5, 0.6) is 0 Å². The van der Waals surface area contributed by atoms with E-state index in [9.17, 15) is 0 Å². The molecule has 2 atom stereocenters. The van der Waals surface area contributed by atoms with Crippen LogP contribution in [-0.4, -0.2) is 5.92 Å². The van der Waals surface area contributed by atoms with E-state index in [1.165, 1.54) is 12.0 Å². The Morgan fingerprint density at radius 1 is 0.960 bits per heavy atom. The molecule has 4 rings (SSSR count). The van der Waals surface area contributed by atoms with Crippen molar-refractivity contribution in [2.24, 2.45) is 0 Å². The van der Waals surface area contributed by atoms with Crippen LogP contribution in [-0.2, 0) is 20.9 Å². The fourth-order valence-corrected chi connectivity index (χ4v) is 26.0. The first kappa shape index (κ1) is 20.6. The minimum Gasteiger partial charge on any atom is -1.00 e. The molecule has 0 saturated heterocycles. The summed E-state index contributed by atoms with van der Waals surface area (Å²) in [6.07, 6.45) is 13.2. The predicted molar refractivity (Wildman–Crippen MR) is 99.1 cm³/mol. The molecule has 0 saturated carbocycles. The van der Waals surface area contributed by atoms with Crippen molar-refractivity contribution in [2.75, 3.05) is 0 Å². The first-order chi connectivity index (χ1) is 11.3. The van der Waals surface area contributed by atoms with E-state index in [0.29, 0.717) is 0 Å². The molecule has 2 aliphatic rings. The normalized spacial score (nSPS) is 18.0. The van der Waals surface area contributed by atoms with Crippen molar-refractivity contribution in [1.82, 2.24) is 0 Å². The molecule has 0 radical (unpaired) electrons. The fraction of sp³-hybridized carbons (Fsp3) is 0.143. The van der Waals surface area contributed by atoms with E-state index in [1.807, 2.05) is 3.28 Å². The number of halogens is 2. The first-order valence-electron chi connectivity index (χ1n) is 8.39. The molecule has 2 unspecified atom stereocenters. The minimum atomic E-state index is -1.76. The van der Waals surface area contributed by atoms with Crippen molar-refractivity contribution >= 4 is 17.2 Å². The molecule has 0 nitrogen and oxygen atoms in total. The van der Waals surface area contributed by atoms with Gasteiger partial charge in [0.1, 0.15) is 0 Å². The molecule has 0 aromatic heterocycles. The second-order valence-electron chi connectivity index (χ2n) is 6.38. The maximum Gasteiger partial charge on any atom is -1.00 e. The summed E-state index contributed by atoms with van der Waals surface area (Å²) >= 11 is -1.76. The molecular weight excluding hydrogens is 442 g/mol. The third kappa shape index (κ3) is 4.19. The molecule has 2 aromatic rings. The van der Waals surface area contributed by atoms with Crippen LogP contribution in [0.25, 0.3) is 6.08 Å². The summed E-state index contributed by atoms with van der Waals surface area (Å²) in [6, 6.07) is 20.4. The summed E-state index contributed by atoms with van der Waals surface area (Å²) in [7, 11) is 0. The molecule has 0 aliphatic heterocycles. The Balaban J connectivity index is 0.00000113. The zero-order valence-electron chi connectivity index (χ0n) is 14.2. The van der Waals surface area contributed by atoms with Crippen LogP contribution < -0.4 is 30.0 Å². The third-order valence-electron chi connectivity index (χ3n) is 5.04. The topological polar surface area (TPSA) is 0 Å². The Hall–Kier alpha value is -0.660. The Kier molecular flexibility index (Phi) is 7.70. The molecule has 2 aliphatic carbocycles. The van der Waals surface area contributed by atoms with Crippen LogP contribution >= 0.6 is 0 Å². The van der Waals surface area contributed by atoms with Gasteiger partial charge in [0, 0.05) is 0 Å². The Morgan fingerprint density at radius 3 is 2.40 bits per heavy atom. The fourth-order valence-electron chi connectivity index (χ4n) is 3.85. The molecule has 0 heterocycles. The Bertz CT molecular complexity index is 799. The number of hydrogen-bond acceptors (Lipinski definition) is 0. The van der Waals surface area contributed by atoms with Crippen LogP contribution in [0, 0.1) is 0 Å². The van der Waals surface area contributed by atoms with E-state index in [-0.39, 0.29) is 24.8 Å². The van der Waals surface area contributed by atoms with Crippen LogP contribution in [0.1, 0.15) is 21.2 Å². The smallest absolute Gasteiger partial charge is 1.00 e. The largest absolute Gasteiger partial charge is 1.00 e. The number of allylic oxidation sites excluding steroid dienone is 5. The van der Waals surface area contributed by atoms with E-state index in [4.69, 9.17) is 0 Å². The van der Waals surface area contributed by atoms with Gasteiger partial charge in [0.05, 0.1) is 0 Å². The van der Waals surface area contributed by atoms with Crippen molar-refractivity contribution in [1.29, 1.82) is 0 Å². The number of fused-ring (bicyclic) bond motifs is 1. The number of rotatable bonds is 4. The second-order valence-corrected chi connectivity index (χ2v) is 23.9. The van der Waals surface area contributed by atoms with Crippen molar-refractivity contribution < 1.29 is 45.7 Å². The average Bonchev–Trinajstić information content (AvgIpc) is 3.27. The van der Waals surface area contributed by atoms with E-state index in [2.05, 4.69) is 91.5 Å². The van der Waals surface area contributed by atoms with Crippen molar-refractivity contribution in [2.45, 2.75) is 16.6 Å². The quantitative estimate of drug-likeness (QED) is 0.484. The SMILES string of the molecule is C[SiH](c1ccccc1)[Zr+2]([C]1=CC=CC1)[CH]1C=Cc2ccccc21.[Cl-].[Cl-]. The molecule has 2 aromatic carbocycles. The van der Waals surface area contributed by atoms with Gasteiger partial charge in [-0.2, -0.15) is 0 Å². The van der Waals surface area contributed by atoms with Crippen LogP contribution in [0.3, 0.4) is 0 Å². The zero-order chi connectivity index (χ0) is 15.6. The van der Waals surface area contributed by atoms with Gasteiger partial charge in [-0.25, -0.2) is 0 Å². The summed E-state index contributed by atoms with van der Waals surface area (Å²) in [5, 5.41) is 1.66. The Morgan fingerprint density at radius 2 is 1.68 bits per heavy atom. The van der Waals surface area contributed by atoms with Gasteiger partial charge in [-0.05, 0) is 0 Å². The predicted octanol–water partition coefficient (Wildman–Crippen LogP) is -1.51. The Labute approximate surface area is 171 Å². The summed E-state index contributed by atoms with van der Waals surface area (Å²) < 4.78 is 2.56. The van der Waals surface area contributed by atoms with Crippen molar-refractivity contribution in [3.05, 3.63) is 93.3 Å². The molecule has 0 N–H and O–H groups in total. The second kappa shape index (κ2) is 9.33. The van der Waals surface area contributed by atoms with Gasteiger partial charge in [-0.1, -0.05) is 0 Å². The molecule has 0 spiro atoms. The molecule has 4 heteroatoms. The van der Waals surface area contributed by atoms with Crippen LogP contribution in [0.15, 0.2) is 82.2 Å². The van der Waals surface area contributed by atoms with Gasteiger partial charge in [0.15, 0.2) is 0 Å². The molecule has 127 valence electrons. The summed E-state index contributed by atoms with van der Waals surface area (Å²) in [5.41, 5.74) is 3.06. The summed E-state index contributed by atoms with van der Waals surface area (Å²) in [4.78, 5) is 0. The standard InChI is InChI=1S/C9H7.C7H9Si.C5H5.2ClH.Zr/c1-2-5-9-7-3-6-8(9)4-1;1-8-7-5-3-2-4-6-7;1-2-4-5-3-1;;;/h1-7H;2-6,8H,1H3;1-3H,4H2;2*1H;/q;;;;;+2/p-2. The van der Waals surface area contributed by atoms with Gasteiger partial charge >= 0.3 is 148 Å². The summed E-state index contributed by atoms with van der Waals surface area (Å²) in [6.45, 7) is 2.61. The third-order valence-corrected chi connectivity index (χ3v) is 26.6. The van der Waals surface area contributed by atoms with E-state index >= 15 is 0 Å². The molecule has 25 heavy (non-hydrogen) atoms. The maximum atomic E-state index is 2.61. The minimum absolute atomic E-state index is 0. The van der Waals surface area contributed by atoms with E-state index < -0.39 is 26.8 Å². The molecule has 0 amide bonds. The van der Waals surface area contributed by atoms with Gasteiger partial charge in [-0.3, -0.25) is 0 Å². The van der Waals surface area contributed by atoms with E-state index in [1.54, 1.807) is 10.8 Å². The maximum absolute atomic E-state index is 2.61. The number of hydrogen-bond donors (Lipinski definition) is 0. The van der Waals surface area contributed by atoms with Crippen molar-refractivity contribution in [3.63, 3.8) is 0 Å². The first-order valence-corrected chi connectivity index (χ1v) is 17.6. The number of benzene rings is 2. The van der Waals surface area contributed by atoms with Crippen molar-refractivity contribution in [3.8, 4) is 0 Å².